The lowest BCUT2D eigenvalue weighted by molar-refractivity contribution is -0.116. The third-order valence-electron chi connectivity index (χ3n) is 1.27. The molecule has 0 saturated carbocycles. The van der Waals surface area contributed by atoms with Crippen molar-refractivity contribution in [2.45, 2.75) is 6.42 Å². The van der Waals surface area contributed by atoms with Gasteiger partial charge in [0.2, 0.25) is 5.91 Å². The third-order valence-corrected chi connectivity index (χ3v) is 1.27. The van der Waals surface area contributed by atoms with Gasteiger partial charge in [-0.25, -0.2) is 0 Å². The van der Waals surface area contributed by atoms with Crippen LogP contribution in [0.1, 0.15) is 6.42 Å². The Morgan fingerprint density at radius 3 is 2.33 bits per heavy atom. The molecule has 0 aromatic heterocycles. The summed E-state index contributed by atoms with van der Waals surface area (Å²) < 4.78 is 8.70. The molecule has 0 rings (SSSR count). The van der Waals surface area contributed by atoms with E-state index in [0.29, 0.717) is 0 Å². The van der Waals surface area contributed by atoms with Gasteiger partial charge in [0, 0.05) is 11.1 Å². The zero-order valence-electron chi connectivity index (χ0n) is 9.01. The molecular formula is C8H18N2O4P+. The lowest BCUT2D eigenvalue weighted by Gasteiger charge is -2.08. The standard InChI is InChI=1S/C8H16N2O.HO3P/c1-4-8(11)9-6-5-7-10(2)3;1-4(2)3/h4H,1,5-7H2,2-3H3,(H,9,11);(H-,1,2,3)/p+1. The Morgan fingerprint density at radius 1 is 1.53 bits per heavy atom. The summed E-state index contributed by atoms with van der Waals surface area (Å²) in [5.41, 5.74) is 0. The van der Waals surface area contributed by atoms with Crippen LogP contribution in [0.15, 0.2) is 12.7 Å². The maximum absolute atomic E-state index is 10.6. The number of nitrogens with zero attached hydrogens (tertiary/aromatic N) is 1. The Balaban J connectivity index is 0. The zero-order valence-corrected chi connectivity index (χ0v) is 9.91. The van der Waals surface area contributed by atoms with Crippen LogP contribution < -0.4 is 5.32 Å². The van der Waals surface area contributed by atoms with Gasteiger partial charge in [0.05, 0.1) is 0 Å². The van der Waals surface area contributed by atoms with Gasteiger partial charge in [-0.15, -0.1) is 9.79 Å². The first-order valence-corrected chi connectivity index (χ1v) is 5.46. The monoisotopic (exact) mass is 237 g/mol. The van der Waals surface area contributed by atoms with Crippen molar-refractivity contribution in [2.75, 3.05) is 27.2 Å². The van der Waals surface area contributed by atoms with Crippen LogP contribution in [0.5, 0.6) is 0 Å². The molecule has 0 aliphatic carbocycles. The van der Waals surface area contributed by atoms with Gasteiger partial charge in [-0.1, -0.05) is 6.58 Å². The summed E-state index contributed by atoms with van der Waals surface area (Å²) in [5.74, 6) is -0.0937. The second-order valence-electron chi connectivity index (χ2n) is 2.90. The molecule has 15 heavy (non-hydrogen) atoms. The molecule has 0 spiro atoms. The van der Waals surface area contributed by atoms with Gasteiger partial charge < -0.3 is 10.2 Å². The van der Waals surface area contributed by atoms with Crippen LogP contribution in [-0.2, 0) is 9.36 Å². The minimum absolute atomic E-state index is 0.0937. The molecule has 88 valence electrons. The lowest BCUT2D eigenvalue weighted by atomic mass is 10.4. The second kappa shape index (κ2) is 11.3. The van der Waals surface area contributed by atoms with E-state index in [1.54, 1.807) is 0 Å². The number of carbonyl (C=O) groups excluding carboxylic acids is 1. The summed E-state index contributed by atoms with van der Waals surface area (Å²) in [4.78, 5) is 26.9. The van der Waals surface area contributed by atoms with Gasteiger partial charge in [0.25, 0.3) is 0 Å². The molecule has 0 saturated heterocycles. The largest absolute Gasteiger partial charge is 0.692 e. The van der Waals surface area contributed by atoms with Crippen molar-refractivity contribution in [3.8, 4) is 0 Å². The fourth-order valence-electron chi connectivity index (χ4n) is 0.679. The number of carbonyl (C=O) groups is 1. The SMILES string of the molecule is C=CC(=O)NCCCN(C)C.O=[P+](O)O. The van der Waals surface area contributed by atoms with Gasteiger partial charge in [-0.3, -0.25) is 4.79 Å². The van der Waals surface area contributed by atoms with Crippen molar-refractivity contribution in [3.63, 3.8) is 0 Å². The van der Waals surface area contributed by atoms with Crippen molar-refractivity contribution in [2.24, 2.45) is 0 Å². The topological polar surface area (TPSA) is 89.9 Å². The number of rotatable bonds is 5. The van der Waals surface area contributed by atoms with E-state index in [-0.39, 0.29) is 5.91 Å². The van der Waals surface area contributed by atoms with Gasteiger partial charge in [0.1, 0.15) is 0 Å². The maximum Gasteiger partial charge on any atom is 0.692 e. The molecule has 7 heteroatoms. The molecule has 0 unspecified atom stereocenters. The van der Waals surface area contributed by atoms with E-state index in [0.717, 1.165) is 19.5 Å². The molecule has 0 aliphatic rings. The van der Waals surface area contributed by atoms with E-state index in [1.165, 1.54) is 6.08 Å². The van der Waals surface area contributed by atoms with Gasteiger partial charge in [-0.05, 0) is 33.1 Å². The summed E-state index contributed by atoms with van der Waals surface area (Å²) in [6.07, 6.45) is 2.27. The molecule has 1 amide bonds. The Morgan fingerprint density at radius 2 is 2.00 bits per heavy atom. The Hall–Kier alpha value is -0.810. The zero-order chi connectivity index (χ0) is 12.3. The quantitative estimate of drug-likeness (QED) is 0.352. The van der Waals surface area contributed by atoms with Crippen LogP contribution in [0.4, 0.5) is 0 Å². The van der Waals surface area contributed by atoms with E-state index in [4.69, 9.17) is 14.4 Å². The molecule has 0 aliphatic heterocycles. The Bertz CT molecular complexity index is 205. The molecule has 0 heterocycles. The predicted molar refractivity (Wildman–Crippen MR) is 58.4 cm³/mol. The van der Waals surface area contributed by atoms with Gasteiger partial charge >= 0.3 is 8.25 Å². The minimum Gasteiger partial charge on any atom is -0.353 e. The first kappa shape index (κ1) is 16.6. The van der Waals surface area contributed by atoms with E-state index >= 15 is 0 Å². The molecule has 0 aromatic rings. The first-order chi connectivity index (χ1) is 6.90. The predicted octanol–water partition coefficient (Wildman–Crippen LogP) is -0.131. The first-order valence-electron chi connectivity index (χ1n) is 4.30. The van der Waals surface area contributed by atoms with Crippen LogP contribution in [0.2, 0.25) is 0 Å². The van der Waals surface area contributed by atoms with Crippen LogP contribution in [0, 0.1) is 0 Å². The fourth-order valence-corrected chi connectivity index (χ4v) is 0.679. The number of hydrogen-bond donors (Lipinski definition) is 3. The summed E-state index contributed by atoms with van der Waals surface area (Å²) in [7, 11) is 1.15. The number of nitrogens with one attached hydrogen (secondary N) is 1. The summed E-state index contributed by atoms with van der Waals surface area (Å²) >= 11 is 0. The molecule has 0 atom stereocenters. The fraction of sp³-hybridized carbons (Fsp3) is 0.625. The van der Waals surface area contributed by atoms with Gasteiger partial charge in [0.15, 0.2) is 0 Å². The third kappa shape index (κ3) is 24.6. The molecule has 3 N–H and O–H groups in total. The van der Waals surface area contributed by atoms with Crippen LogP contribution in [0.3, 0.4) is 0 Å². The minimum atomic E-state index is -2.87. The van der Waals surface area contributed by atoms with Crippen molar-refractivity contribution in [3.05, 3.63) is 12.7 Å². The normalized spacial score (nSPS) is 8.87. The van der Waals surface area contributed by atoms with E-state index < -0.39 is 8.25 Å². The van der Waals surface area contributed by atoms with Crippen LogP contribution in [0.25, 0.3) is 0 Å². The number of amides is 1. The Kier molecular flexibility index (Phi) is 12.5. The van der Waals surface area contributed by atoms with E-state index in [1.807, 2.05) is 14.1 Å². The Labute approximate surface area is 90.5 Å². The lowest BCUT2D eigenvalue weighted by Crippen LogP contribution is -2.25. The highest BCUT2D eigenvalue weighted by molar-refractivity contribution is 7.30. The average Bonchev–Trinajstić information content (AvgIpc) is 2.10. The molecule has 6 nitrogen and oxygen atoms in total. The van der Waals surface area contributed by atoms with Crippen LogP contribution in [-0.4, -0.2) is 47.8 Å². The summed E-state index contributed by atoms with van der Waals surface area (Å²) in [6.45, 7) is 5.07. The average molecular weight is 237 g/mol. The molecule has 0 bridgehead atoms. The number of hydrogen-bond acceptors (Lipinski definition) is 3. The second-order valence-corrected chi connectivity index (χ2v) is 3.41. The van der Waals surface area contributed by atoms with Crippen molar-refractivity contribution >= 4 is 14.2 Å². The maximum atomic E-state index is 10.6. The summed E-state index contributed by atoms with van der Waals surface area (Å²) in [6, 6.07) is 0. The molecule has 0 radical (unpaired) electrons. The highest BCUT2D eigenvalue weighted by atomic mass is 31.1. The molecule has 0 aromatic carbocycles. The molecular weight excluding hydrogens is 219 g/mol. The summed E-state index contributed by atoms with van der Waals surface area (Å²) in [5, 5.41) is 2.70. The van der Waals surface area contributed by atoms with E-state index in [2.05, 4.69) is 16.8 Å². The highest BCUT2D eigenvalue weighted by Gasteiger charge is 1.93. The van der Waals surface area contributed by atoms with Gasteiger partial charge in [-0.2, -0.15) is 0 Å². The van der Waals surface area contributed by atoms with Crippen molar-refractivity contribution in [1.82, 2.24) is 10.2 Å². The van der Waals surface area contributed by atoms with E-state index in [9.17, 15) is 4.79 Å². The van der Waals surface area contributed by atoms with Crippen molar-refractivity contribution < 1.29 is 19.1 Å². The van der Waals surface area contributed by atoms with Crippen LogP contribution >= 0.6 is 8.25 Å². The molecule has 0 fully saturated rings. The highest BCUT2D eigenvalue weighted by Crippen LogP contribution is 1.98. The smallest absolute Gasteiger partial charge is 0.353 e. The van der Waals surface area contributed by atoms with Crippen molar-refractivity contribution in [1.29, 1.82) is 0 Å².